The van der Waals surface area contributed by atoms with E-state index in [0.717, 1.165) is 11.3 Å². The fraction of sp³-hybridized carbons (Fsp3) is 0.357. The predicted octanol–water partition coefficient (Wildman–Crippen LogP) is 4.03. The monoisotopic (exact) mass is 315 g/mol. The van der Waals surface area contributed by atoms with Crippen LogP contribution in [0, 0.1) is 12.7 Å². The molecule has 0 fully saturated rings. The van der Waals surface area contributed by atoms with E-state index in [1.165, 1.54) is 12.1 Å². The van der Waals surface area contributed by atoms with Gasteiger partial charge in [0.15, 0.2) is 0 Å². The Morgan fingerprint density at radius 1 is 1.40 bits per heavy atom. The number of aryl methyl sites for hydroxylation is 2. The van der Waals surface area contributed by atoms with Crippen molar-refractivity contribution >= 4 is 23.2 Å². The summed E-state index contributed by atoms with van der Waals surface area (Å²) in [5.74, 6) is -0.461. The third kappa shape index (κ3) is 3.14. The van der Waals surface area contributed by atoms with Gasteiger partial charge in [0.05, 0.1) is 10.7 Å². The average Bonchev–Trinajstić information content (AvgIpc) is 2.70. The van der Waals surface area contributed by atoms with E-state index in [2.05, 4.69) is 10.4 Å². The molecule has 1 atom stereocenters. The first kappa shape index (κ1) is 15.3. The Hall–Kier alpha value is -1.10. The third-order valence-corrected chi connectivity index (χ3v) is 3.94. The summed E-state index contributed by atoms with van der Waals surface area (Å²) in [5.41, 5.74) is 2.63. The Labute approximate surface area is 127 Å². The van der Waals surface area contributed by atoms with Crippen molar-refractivity contribution in [2.75, 3.05) is 0 Å². The Kier molecular flexibility index (Phi) is 4.68. The minimum absolute atomic E-state index is 0.0698. The summed E-state index contributed by atoms with van der Waals surface area (Å²) in [5, 5.41) is 8.09. The van der Waals surface area contributed by atoms with Crippen LogP contribution < -0.4 is 5.32 Å². The molecular weight excluding hydrogens is 300 g/mol. The highest BCUT2D eigenvalue weighted by molar-refractivity contribution is 6.36. The smallest absolute Gasteiger partial charge is 0.142 e. The lowest BCUT2D eigenvalue weighted by Gasteiger charge is -2.17. The summed E-state index contributed by atoms with van der Waals surface area (Å²) < 4.78 is 15.3. The quantitative estimate of drug-likeness (QED) is 0.863. The van der Waals surface area contributed by atoms with Gasteiger partial charge in [-0.2, -0.15) is 5.10 Å². The standard InChI is InChI=1S/C14H16Cl2FN3/c1-8-10(7-20(3)19-8)6-18-9(2)13-11(15)4-5-12(17)14(13)16/h4-5,7,9,18H,6H2,1-3H3. The highest BCUT2D eigenvalue weighted by atomic mass is 35.5. The maximum atomic E-state index is 13.5. The number of nitrogens with one attached hydrogen (secondary N) is 1. The average molecular weight is 316 g/mol. The fourth-order valence-electron chi connectivity index (χ4n) is 2.13. The molecular formula is C14H16Cl2FN3. The van der Waals surface area contributed by atoms with Crippen LogP contribution in [-0.4, -0.2) is 9.78 Å². The third-order valence-electron chi connectivity index (χ3n) is 3.23. The zero-order valence-electron chi connectivity index (χ0n) is 11.5. The molecule has 0 spiro atoms. The van der Waals surface area contributed by atoms with Crippen molar-refractivity contribution in [3.63, 3.8) is 0 Å². The molecule has 0 aliphatic rings. The number of hydrogen-bond donors (Lipinski definition) is 1. The van der Waals surface area contributed by atoms with Gasteiger partial charge >= 0.3 is 0 Å². The largest absolute Gasteiger partial charge is 0.306 e. The summed E-state index contributed by atoms with van der Waals surface area (Å²) >= 11 is 12.1. The second-order valence-corrected chi connectivity index (χ2v) is 5.56. The van der Waals surface area contributed by atoms with Crippen LogP contribution in [0.3, 0.4) is 0 Å². The number of aromatic nitrogens is 2. The van der Waals surface area contributed by atoms with Gasteiger partial charge in [0.25, 0.3) is 0 Å². The molecule has 108 valence electrons. The molecule has 1 aromatic heterocycles. The van der Waals surface area contributed by atoms with Gasteiger partial charge < -0.3 is 5.32 Å². The topological polar surface area (TPSA) is 29.9 Å². The molecule has 2 rings (SSSR count). The Bertz CT molecular complexity index is 625. The summed E-state index contributed by atoms with van der Waals surface area (Å²) in [6.45, 7) is 4.46. The summed E-state index contributed by atoms with van der Waals surface area (Å²) in [7, 11) is 1.88. The van der Waals surface area contributed by atoms with Crippen LogP contribution in [-0.2, 0) is 13.6 Å². The van der Waals surface area contributed by atoms with Gasteiger partial charge in [0.2, 0.25) is 0 Å². The zero-order valence-corrected chi connectivity index (χ0v) is 13.1. The van der Waals surface area contributed by atoms with E-state index >= 15 is 0 Å². The van der Waals surface area contributed by atoms with Gasteiger partial charge in [-0.3, -0.25) is 4.68 Å². The molecule has 0 aliphatic carbocycles. The molecule has 0 radical (unpaired) electrons. The number of benzene rings is 1. The van der Waals surface area contributed by atoms with Crippen molar-refractivity contribution < 1.29 is 4.39 Å². The molecule has 0 amide bonds. The van der Waals surface area contributed by atoms with Crippen LogP contribution in [0.15, 0.2) is 18.3 Å². The van der Waals surface area contributed by atoms with Crippen molar-refractivity contribution in [3.8, 4) is 0 Å². The van der Waals surface area contributed by atoms with Gasteiger partial charge in [-0.25, -0.2) is 4.39 Å². The second-order valence-electron chi connectivity index (χ2n) is 4.77. The molecule has 1 aromatic carbocycles. The highest BCUT2D eigenvalue weighted by Gasteiger charge is 2.17. The van der Waals surface area contributed by atoms with E-state index in [1.54, 1.807) is 4.68 Å². The van der Waals surface area contributed by atoms with Crippen LogP contribution in [0.25, 0.3) is 0 Å². The highest BCUT2D eigenvalue weighted by Crippen LogP contribution is 2.32. The van der Waals surface area contributed by atoms with E-state index < -0.39 is 5.82 Å². The van der Waals surface area contributed by atoms with Crippen molar-refractivity contribution in [2.45, 2.75) is 26.4 Å². The summed E-state index contributed by atoms with van der Waals surface area (Å²) in [6.07, 6.45) is 1.95. The minimum atomic E-state index is -0.461. The maximum absolute atomic E-state index is 13.5. The maximum Gasteiger partial charge on any atom is 0.142 e. The second kappa shape index (κ2) is 6.12. The molecule has 1 unspecified atom stereocenters. The first-order valence-corrected chi connectivity index (χ1v) is 7.01. The summed E-state index contributed by atoms with van der Waals surface area (Å²) in [4.78, 5) is 0. The minimum Gasteiger partial charge on any atom is -0.306 e. The molecule has 6 heteroatoms. The fourth-order valence-corrected chi connectivity index (χ4v) is 2.82. The first-order chi connectivity index (χ1) is 9.40. The molecule has 0 saturated heterocycles. The van der Waals surface area contributed by atoms with E-state index in [-0.39, 0.29) is 11.1 Å². The molecule has 3 nitrogen and oxygen atoms in total. The van der Waals surface area contributed by atoms with Crippen molar-refractivity contribution in [1.82, 2.24) is 15.1 Å². The predicted molar refractivity (Wildman–Crippen MR) is 79.6 cm³/mol. The molecule has 1 heterocycles. The van der Waals surface area contributed by atoms with Crippen molar-refractivity contribution in [1.29, 1.82) is 0 Å². The normalized spacial score (nSPS) is 12.7. The SMILES string of the molecule is Cc1nn(C)cc1CNC(C)c1c(Cl)ccc(F)c1Cl. The van der Waals surface area contributed by atoms with Gasteiger partial charge in [-0.05, 0) is 26.0 Å². The molecule has 0 aliphatic heterocycles. The molecule has 0 bridgehead atoms. The Morgan fingerprint density at radius 2 is 2.10 bits per heavy atom. The zero-order chi connectivity index (χ0) is 14.9. The van der Waals surface area contributed by atoms with Crippen LogP contribution in [0.2, 0.25) is 10.0 Å². The molecule has 2 aromatic rings. The number of hydrogen-bond acceptors (Lipinski definition) is 2. The number of nitrogens with zero attached hydrogens (tertiary/aromatic N) is 2. The molecule has 20 heavy (non-hydrogen) atoms. The summed E-state index contributed by atoms with van der Waals surface area (Å²) in [6, 6.07) is 2.63. The van der Waals surface area contributed by atoms with Crippen molar-refractivity contribution in [3.05, 3.63) is 51.0 Å². The van der Waals surface area contributed by atoms with Gasteiger partial charge in [0.1, 0.15) is 5.82 Å². The lowest BCUT2D eigenvalue weighted by atomic mass is 10.1. The molecule has 0 saturated carbocycles. The van der Waals surface area contributed by atoms with Gasteiger partial charge in [-0.1, -0.05) is 23.2 Å². The van der Waals surface area contributed by atoms with Crippen LogP contribution in [0.5, 0.6) is 0 Å². The van der Waals surface area contributed by atoms with Gasteiger partial charge in [0, 0.05) is 42.0 Å². The number of halogens is 3. The lowest BCUT2D eigenvalue weighted by molar-refractivity contribution is 0.564. The van der Waals surface area contributed by atoms with Crippen LogP contribution in [0.4, 0.5) is 4.39 Å². The van der Waals surface area contributed by atoms with E-state index in [9.17, 15) is 4.39 Å². The number of rotatable bonds is 4. The Balaban J connectivity index is 2.15. The first-order valence-electron chi connectivity index (χ1n) is 6.26. The van der Waals surface area contributed by atoms with Crippen LogP contribution >= 0.6 is 23.2 Å². The van der Waals surface area contributed by atoms with Crippen molar-refractivity contribution in [2.24, 2.45) is 7.05 Å². The van der Waals surface area contributed by atoms with Crippen LogP contribution in [0.1, 0.15) is 29.8 Å². The Morgan fingerprint density at radius 3 is 2.70 bits per heavy atom. The van der Waals surface area contributed by atoms with Gasteiger partial charge in [-0.15, -0.1) is 0 Å². The molecule has 1 N–H and O–H groups in total. The van der Waals surface area contributed by atoms with E-state index in [0.29, 0.717) is 17.1 Å². The van der Waals surface area contributed by atoms with E-state index in [1.807, 2.05) is 27.1 Å². The van der Waals surface area contributed by atoms with E-state index in [4.69, 9.17) is 23.2 Å². The lowest BCUT2D eigenvalue weighted by Crippen LogP contribution is -2.19.